The molecule has 0 saturated carbocycles. The van der Waals surface area contributed by atoms with Crippen molar-refractivity contribution >= 4 is 37.2 Å². The van der Waals surface area contributed by atoms with Gasteiger partial charge in [-0.1, -0.05) is 0 Å². The molecule has 0 N–H and O–H groups in total. The molecule has 4 rings (SSSR count). The van der Waals surface area contributed by atoms with E-state index in [2.05, 4.69) is 19.8 Å². The first-order valence-electron chi connectivity index (χ1n) is 7.50. The molecule has 0 spiro atoms. The van der Waals surface area contributed by atoms with Crippen LogP contribution in [0.2, 0.25) is 0 Å². The van der Waals surface area contributed by atoms with Crippen molar-refractivity contribution < 1.29 is 8.42 Å². The van der Waals surface area contributed by atoms with Gasteiger partial charge in [-0.05, 0) is 17.9 Å². The second kappa shape index (κ2) is 5.43. The van der Waals surface area contributed by atoms with E-state index in [4.69, 9.17) is 0 Å². The topological polar surface area (TPSA) is 66.4 Å². The van der Waals surface area contributed by atoms with Gasteiger partial charge in [0.25, 0.3) is 0 Å². The van der Waals surface area contributed by atoms with Gasteiger partial charge in [0.05, 0.1) is 21.7 Å². The van der Waals surface area contributed by atoms with Gasteiger partial charge in [-0.25, -0.2) is 18.4 Å². The summed E-state index contributed by atoms with van der Waals surface area (Å²) in [6, 6.07) is 2.23. The first kappa shape index (κ1) is 14.3. The first-order chi connectivity index (χ1) is 10.6. The van der Waals surface area contributed by atoms with Crippen LogP contribution in [-0.4, -0.2) is 67.0 Å². The van der Waals surface area contributed by atoms with Crippen LogP contribution in [0.25, 0.3) is 10.2 Å². The van der Waals surface area contributed by atoms with Gasteiger partial charge in [0.2, 0.25) is 0 Å². The fourth-order valence-corrected chi connectivity index (χ4v) is 5.99. The number of piperazine rings is 1. The zero-order chi connectivity index (χ0) is 15.2. The Morgan fingerprint density at radius 1 is 1.18 bits per heavy atom. The molecule has 0 aromatic carbocycles. The normalized spacial score (nSPS) is 25.8. The Kier molecular flexibility index (Phi) is 3.54. The van der Waals surface area contributed by atoms with Crippen molar-refractivity contribution in [1.82, 2.24) is 14.9 Å². The fourth-order valence-electron chi connectivity index (χ4n) is 3.36. The lowest BCUT2D eigenvalue weighted by atomic mass is 10.2. The number of thiophene rings is 1. The molecule has 2 aliphatic rings. The number of rotatable bonds is 2. The lowest BCUT2D eigenvalue weighted by Gasteiger charge is -2.38. The van der Waals surface area contributed by atoms with Crippen LogP contribution in [0.15, 0.2) is 17.8 Å². The molecule has 2 saturated heterocycles. The molecule has 8 heteroatoms. The minimum absolute atomic E-state index is 0.208. The van der Waals surface area contributed by atoms with Crippen LogP contribution in [0.4, 0.5) is 5.82 Å². The second-order valence-corrected chi connectivity index (χ2v) is 9.06. The number of anilines is 1. The summed E-state index contributed by atoms with van der Waals surface area (Å²) in [5, 5.41) is 2.04. The third-order valence-electron chi connectivity index (χ3n) is 4.56. The molecule has 0 aliphatic carbocycles. The van der Waals surface area contributed by atoms with E-state index in [1.54, 1.807) is 17.7 Å². The van der Waals surface area contributed by atoms with E-state index >= 15 is 0 Å². The van der Waals surface area contributed by atoms with Crippen molar-refractivity contribution in [2.75, 3.05) is 42.6 Å². The third kappa shape index (κ3) is 2.59. The maximum atomic E-state index is 11.6. The van der Waals surface area contributed by atoms with E-state index in [1.165, 1.54) is 0 Å². The van der Waals surface area contributed by atoms with E-state index in [0.29, 0.717) is 11.5 Å². The highest BCUT2D eigenvalue weighted by atomic mass is 32.2. The number of aromatic nitrogens is 2. The monoisotopic (exact) mass is 338 g/mol. The SMILES string of the molecule is O=S1(=O)CC[C@H](N2CCN(c3ncnc4ccsc34)CC2)C1. The molecule has 0 unspecified atom stereocenters. The predicted octanol–water partition coefficient (Wildman–Crippen LogP) is 1.00. The van der Waals surface area contributed by atoms with Crippen molar-refractivity contribution in [3.05, 3.63) is 17.8 Å². The van der Waals surface area contributed by atoms with Gasteiger partial charge >= 0.3 is 0 Å². The van der Waals surface area contributed by atoms with Gasteiger partial charge in [0.15, 0.2) is 9.84 Å². The molecule has 22 heavy (non-hydrogen) atoms. The lowest BCUT2D eigenvalue weighted by Crippen LogP contribution is -2.51. The fraction of sp³-hybridized carbons (Fsp3) is 0.571. The van der Waals surface area contributed by atoms with Crippen LogP contribution in [0.5, 0.6) is 0 Å². The van der Waals surface area contributed by atoms with Crippen molar-refractivity contribution in [3.63, 3.8) is 0 Å². The highest BCUT2D eigenvalue weighted by Gasteiger charge is 2.34. The highest BCUT2D eigenvalue weighted by molar-refractivity contribution is 7.91. The van der Waals surface area contributed by atoms with Crippen LogP contribution in [0, 0.1) is 0 Å². The van der Waals surface area contributed by atoms with Gasteiger partial charge < -0.3 is 4.90 Å². The number of hydrogen-bond donors (Lipinski definition) is 0. The number of fused-ring (bicyclic) bond motifs is 1. The Labute approximate surface area is 133 Å². The van der Waals surface area contributed by atoms with Crippen molar-refractivity contribution in [2.45, 2.75) is 12.5 Å². The minimum Gasteiger partial charge on any atom is -0.353 e. The van der Waals surface area contributed by atoms with Gasteiger partial charge in [0, 0.05) is 32.2 Å². The largest absolute Gasteiger partial charge is 0.353 e. The van der Waals surface area contributed by atoms with Crippen LogP contribution in [-0.2, 0) is 9.84 Å². The molecule has 0 amide bonds. The highest BCUT2D eigenvalue weighted by Crippen LogP contribution is 2.29. The van der Waals surface area contributed by atoms with E-state index in [-0.39, 0.29) is 6.04 Å². The summed E-state index contributed by atoms with van der Waals surface area (Å²) in [5.41, 5.74) is 0.999. The van der Waals surface area contributed by atoms with Gasteiger partial charge in [0.1, 0.15) is 12.1 Å². The number of sulfone groups is 1. The van der Waals surface area contributed by atoms with E-state index < -0.39 is 9.84 Å². The zero-order valence-corrected chi connectivity index (χ0v) is 13.8. The molecule has 2 aromatic heterocycles. The maximum Gasteiger partial charge on any atom is 0.151 e. The summed E-state index contributed by atoms with van der Waals surface area (Å²) in [4.78, 5) is 13.4. The molecule has 2 aliphatic heterocycles. The molecule has 2 fully saturated rings. The van der Waals surface area contributed by atoms with E-state index in [9.17, 15) is 8.42 Å². The summed E-state index contributed by atoms with van der Waals surface area (Å²) >= 11 is 1.67. The van der Waals surface area contributed by atoms with Crippen molar-refractivity contribution in [3.8, 4) is 0 Å². The Balaban J connectivity index is 1.47. The molecule has 0 bridgehead atoms. The molecular formula is C14H18N4O2S2. The van der Waals surface area contributed by atoms with Crippen LogP contribution < -0.4 is 4.90 Å². The molecular weight excluding hydrogens is 320 g/mol. The van der Waals surface area contributed by atoms with Gasteiger partial charge in [-0.2, -0.15) is 0 Å². The number of nitrogens with zero attached hydrogens (tertiary/aromatic N) is 4. The maximum absolute atomic E-state index is 11.6. The molecule has 6 nitrogen and oxygen atoms in total. The van der Waals surface area contributed by atoms with Crippen molar-refractivity contribution in [1.29, 1.82) is 0 Å². The summed E-state index contributed by atoms with van der Waals surface area (Å²) < 4.78 is 24.4. The van der Waals surface area contributed by atoms with Gasteiger partial charge in [-0.3, -0.25) is 4.90 Å². The lowest BCUT2D eigenvalue weighted by molar-refractivity contribution is 0.200. The molecule has 118 valence electrons. The zero-order valence-electron chi connectivity index (χ0n) is 12.2. The third-order valence-corrected chi connectivity index (χ3v) is 7.21. The van der Waals surface area contributed by atoms with Crippen LogP contribution in [0.1, 0.15) is 6.42 Å². The van der Waals surface area contributed by atoms with Crippen molar-refractivity contribution in [2.24, 2.45) is 0 Å². The van der Waals surface area contributed by atoms with Crippen LogP contribution >= 0.6 is 11.3 Å². The summed E-state index contributed by atoms with van der Waals surface area (Å²) in [6.45, 7) is 3.58. The Morgan fingerprint density at radius 2 is 2.00 bits per heavy atom. The average molecular weight is 338 g/mol. The van der Waals surface area contributed by atoms with E-state index in [0.717, 1.165) is 48.6 Å². The van der Waals surface area contributed by atoms with Crippen LogP contribution in [0.3, 0.4) is 0 Å². The molecule has 0 radical (unpaired) electrons. The quantitative estimate of drug-likeness (QED) is 0.814. The molecule has 2 aromatic rings. The minimum atomic E-state index is -2.81. The Bertz CT molecular complexity index is 781. The summed E-state index contributed by atoms with van der Waals surface area (Å²) in [7, 11) is -2.81. The predicted molar refractivity (Wildman–Crippen MR) is 88.3 cm³/mol. The number of hydrogen-bond acceptors (Lipinski definition) is 7. The van der Waals surface area contributed by atoms with Gasteiger partial charge in [-0.15, -0.1) is 11.3 Å². The molecule has 4 heterocycles. The average Bonchev–Trinajstić information content (AvgIpc) is 3.13. The summed E-state index contributed by atoms with van der Waals surface area (Å²) in [6.07, 6.45) is 2.41. The second-order valence-electron chi connectivity index (χ2n) is 5.91. The summed E-state index contributed by atoms with van der Waals surface area (Å²) in [5.74, 6) is 1.69. The molecule has 1 atom stereocenters. The smallest absolute Gasteiger partial charge is 0.151 e. The van der Waals surface area contributed by atoms with E-state index in [1.807, 2.05) is 11.4 Å². The Hall–Kier alpha value is -1.25. The Morgan fingerprint density at radius 3 is 2.73 bits per heavy atom. The standard InChI is InChI=1S/C14H18N4O2S2/c19-22(20)8-2-11(9-22)17-3-5-18(6-4-17)14-13-12(1-7-21-13)15-10-16-14/h1,7,10-11H,2-6,8-9H2/t11-/m0/s1. The first-order valence-corrected chi connectivity index (χ1v) is 10.2.